The second-order valence-electron chi connectivity index (χ2n) is 6.93. The van der Waals surface area contributed by atoms with Gasteiger partial charge in [0.25, 0.3) is 5.91 Å². The van der Waals surface area contributed by atoms with Crippen molar-refractivity contribution < 1.29 is 13.9 Å². The molecular weight excluding hydrogens is 381 g/mol. The number of rotatable bonds is 3. The van der Waals surface area contributed by atoms with Gasteiger partial charge in [0.1, 0.15) is 17.1 Å². The highest BCUT2D eigenvalue weighted by molar-refractivity contribution is 8.13. The van der Waals surface area contributed by atoms with Crippen LogP contribution in [0.1, 0.15) is 23.0 Å². The fraction of sp³-hybridized carbons (Fsp3) is 0.316. The number of ether oxygens (including phenoxy) is 1. The minimum atomic E-state index is -0.890. The zero-order valence-electron chi connectivity index (χ0n) is 15.2. The number of pyridine rings is 1. The number of fused-ring (bicyclic) bond motifs is 1. The molecule has 5 N–H and O–H groups in total. The van der Waals surface area contributed by atoms with E-state index in [2.05, 4.69) is 15.3 Å². The summed E-state index contributed by atoms with van der Waals surface area (Å²) in [5.41, 5.74) is 12.2. The predicted molar refractivity (Wildman–Crippen MR) is 108 cm³/mol. The highest BCUT2D eigenvalue weighted by atomic mass is 32.2. The van der Waals surface area contributed by atoms with Gasteiger partial charge in [-0.15, -0.1) is 0 Å². The summed E-state index contributed by atoms with van der Waals surface area (Å²) in [5, 5.41) is 3.16. The maximum absolute atomic E-state index is 14.8. The van der Waals surface area contributed by atoms with Crippen molar-refractivity contribution in [3.8, 4) is 0 Å². The van der Waals surface area contributed by atoms with E-state index < -0.39 is 17.3 Å². The average molecular weight is 401 g/mol. The van der Waals surface area contributed by atoms with Gasteiger partial charge in [-0.25, -0.2) is 14.4 Å². The number of anilines is 2. The van der Waals surface area contributed by atoms with Crippen molar-refractivity contribution in [2.45, 2.75) is 18.6 Å². The highest BCUT2D eigenvalue weighted by Gasteiger charge is 2.52. The number of nitrogens with two attached hydrogens (primary N) is 2. The van der Waals surface area contributed by atoms with Gasteiger partial charge < -0.3 is 21.5 Å². The first-order valence-corrected chi connectivity index (χ1v) is 9.80. The molecule has 2 aromatic rings. The van der Waals surface area contributed by atoms with E-state index in [1.165, 1.54) is 36.2 Å². The fourth-order valence-electron chi connectivity index (χ4n) is 3.67. The molecule has 1 saturated heterocycles. The quantitative estimate of drug-likeness (QED) is 0.727. The summed E-state index contributed by atoms with van der Waals surface area (Å²) in [7, 11) is 0. The van der Waals surface area contributed by atoms with E-state index in [-0.39, 0.29) is 24.3 Å². The monoisotopic (exact) mass is 401 g/mol. The summed E-state index contributed by atoms with van der Waals surface area (Å²) in [6.45, 7) is 2.20. The molecule has 0 spiro atoms. The Balaban J connectivity index is 1.68. The van der Waals surface area contributed by atoms with Gasteiger partial charge in [-0.2, -0.15) is 0 Å². The second kappa shape index (κ2) is 7.06. The molecule has 3 atom stereocenters. The molecule has 1 amide bonds. The molecule has 0 radical (unpaired) electrons. The molecule has 2 aliphatic rings. The van der Waals surface area contributed by atoms with Gasteiger partial charge in [-0.1, -0.05) is 11.8 Å². The van der Waals surface area contributed by atoms with Crippen molar-refractivity contribution in [3.63, 3.8) is 0 Å². The summed E-state index contributed by atoms with van der Waals surface area (Å²) < 4.78 is 20.6. The van der Waals surface area contributed by atoms with Gasteiger partial charge in [-0.3, -0.25) is 4.79 Å². The van der Waals surface area contributed by atoms with E-state index in [0.29, 0.717) is 27.9 Å². The smallest absolute Gasteiger partial charge is 0.274 e. The van der Waals surface area contributed by atoms with Gasteiger partial charge in [0, 0.05) is 22.9 Å². The number of halogens is 1. The van der Waals surface area contributed by atoms with E-state index >= 15 is 0 Å². The molecule has 0 saturated carbocycles. The number of thioether (sulfide) groups is 1. The van der Waals surface area contributed by atoms with E-state index in [4.69, 9.17) is 16.2 Å². The largest absolute Gasteiger partial charge is 0.397 e. The third-order valence-electron chi connectivity index (χ3n) is 5.18. The number of hydrogen-bond donors (Lipinski definition) is 3. The zero-order valence-corrected chi connectivity index (χ0v) is 16.0. The maximum atomic E-state index is 14.8. The predicted octanol–water partition coefficient (Wildman–Crippen LogP) is 2.35. The standard InChI is InChI=1S/C19H20FN5O2S/c1-10-14-8-28-18(22)25-19(14,9-27-10)13-6-12(3-4-15(13)20)24-17(26)16-5-2-11(21)7-23-16/h2-7,10,14H,8-9,21H2,1H3,(H2,22,25)(H,24,26)/t10-,14-,19-/m1/s1. The number of nitrogen functional groups attached to an aromatic ring is 1. The number of aromatic nitrogens is 1. The summed E-state index contributed by atoms with van der Waals surface area (Å²) in [6, 6.07) is 7.55. The molecular formula is C19H20FN5O2S. The third kappa shape index (κ3) is 3.20. The molecule has 3 heterocycles. The van der Waals surface area contributed by atoms with E-state index in [1.54, 1.807) is 12.1 Å². The third-order valence-corrected chi connectivity index (χ3v) is 6.09. The number of amides is 1. The molecule has 1 aromatic heterocycles. The Kier molecular flexibility index (Phi) is 4.72. The Bertz CT molecular complexity index is 952. The number of amidine groups is 1. The Hall–Kier alpha value is -2.65. The van der Waals surface area contributed by atoms with Crippen molar-refractivity contribution in [3.05, 3.63) is 53.6 Å². The van der Waals surface area contributed by atoms with Crippen molar-refractivity contribution in [1.82, 2.24) is 4.98 Å². The lowest BCUT2D eigenvalue weighted by atomic mass is 9.79. The number of nitrogens with one attached hydrogen (secondary N) is 1. The van der Waals surface area contributed by atoms with Gasteiger partial charge in [0.2, 0.25) is 0 Å². The van der Waals surface area contributed by atoms with E-state index in [9.17, 15) is 9.18 Å². The van der Waals surface area contributed by atoms with Crippen LogP contribution < -0.4 is 16.8 Å². The lowest BCUT2D eigenvalue weighted by Crippen LogP contribution is -2.41. The molecule has 0 unspecified atom stereocenters. The van der Waals surface area contributed by atoms with Crippen LogP contribution in [-0.4, -0.2) is 34.5 Å². The fourth-order valence-corrected chi connectivity index (χ4v) is 4.79. The Morgan fingerprint density at radius 1 is 1.36 bits per heavy atom. The number of nitrogens with zero attached hydrogens (tertiary/aromatic N) is 2. The molecule has 2 aliphatic heterocycles. The maximum Gasteiger partial charge on any atom is 0.274 e. The zero-order chi connectivity index (χ0) is 19.9. The molecule has 4 rings (SSSR count). The van der Waals surface area contributed by atoms with Gasteiger partial charge in [-0.05, 0) is 37.3 Å². The molecule has 1 aromatic carbocycles. The lowest BCUT2D eigenvalue weighted by Gasteiger charge is -2.35. The first kappa shape index (κ1) is 18.7. The number of aliphatic imine (C=N–C) groups is 1. The average Bonchev–Trinajstić information content (AvgIpc) is 3.00. The van der Waals surface area contributed by atoms with Crippen LogP contribution in [0.4, 0.5) is 15.8 Å². The van der Waals surface area contributed by atoms with Crippen LogP contribution in [0.3, 0.4) is 0 Å². The summed E-state index contributed by atoms with van der Waals surface area (Å²) in [5.74, 6) is -0.134. The number of carbonyl (C=O) groups excluding carboxylic acids is 1. The minimum Gasteiger partial charge on any atom is -0.397 e. The number of carbonyl (C=O) groups is 1. The van der Waals surface area contributed by atoms with E-state index in [1.807, 2.05) is 6.92 Å². The molecule has 9 heteroatoms. The van der Waals surface area contributed by atoms with Crippen LogP contribution in [0, 0.1) is 11.7 Å². The molecule has 1 fully saturated rings. The molecule has 0 bridgehead atoms. The van der Waals surface area contributed by atoms with Crippen LogP contribution in [0.25, 0.3) is 0 Å². The van der Waals surface area contributed by atoms with Gasteiger partial charge >= 0.3 is 0 Å². The SMILES string of the molecule is C[C@H]1OC[C@]2(c3cc(NC(=O)c4ccc(N)cn4)ccc3F)N=C(N)SC[C@H]12. The second-order valence-corrected chi connectivity index (χ2v) is 7.97. The van der Waals surface area contributed by atoms with Crippen LogP contribution in [-0.2, 0) is 10.3 Å². The topological polar surface area (TPSA) is 116 Å². The Labute approximate surface area is 165 Å². The van der Waals surface area contributed by atoms with Crippen molar-refractivity contribution in [1.29, 1.82) is 0 Å². The lowest BCUT2D eigenvalue weighted by molar-refractivity contribution is 0.102. The van der Waals surface area contributed by atoms with Crippen LogP contribution in [0.15, 0.2) is 41.5 Å². The normalized spacial score (nSPS) is 26.4. The first-order chi connectivity index (χ1) is 13.4. The highest BCUT2D eigenvalue weighted by Crippen LogP contribution is 2.48. The summed E-state index contributed by atoms with van der Waals surface area (Å²) in [4.78, 5) is 21.0. The van der Waals surface area contributed by atoms with Crippen molar-refractivity contribution in [2.75, 3.05) is 23.4 Å². The summed E-state index contributed by atoms with van der Waals surface area (Å²) >= 11 is 1.45. The Morgan fingerprint density at radius 2 is 2.18 bits per heavy atom. The molecule has 0 aliphatic carbocycles. The first-order valence-electron chi connectivity index (χ1n) is 8.82. The van der Waals surface area contributed by atoms with Crippen LogP contribution in [0.2, 0.25) is 0 Å². The van der Waals surface area contributed by atoms with Crippen molar-refractivity contribution in [2.24, 2.45) is 16.6 Å². The van der Waals surface area contributed by atoms with Crippen molar-refractivity contribution >= 4 is 34.2 Å². The number of benzene rings is 1. The van der Waals surface area contributed by atoms with Crippen LogP contribution in [0.5, 0.6) is 0 Å². The summed E-state index contributed by atoms with van der Waals surface area (Å²) in [6.07, 6.45) is 1.34. The van der Waals surface area contributed by atoms with Gasteiger partial charge in [0.05, 0.1) is 24.6 Å². The van der Waals surface area contributed by atoms with E-state index in [0.717, 1.165) is 0 Å². The minimum absolute atomic E-state index is 0.0102. The number of hydrogen-bond acceptors (Lipinski definition) is 7. The molecule has 7 nitrogen and oxygen atoms in total. The molecule has 146 valence electrons. The molecule has 28 heavy (non-hydrogen) atoms. The Morgan fingerprint density at radius 3 is 2.93 bits per heavy atom. The van der Waals surface area contributed by atoms with Crippen LogP contribution >= 0.6 is 11.8 Å². The van der Waals surface area contributed by atoms with Gasteiger partial charge in [0.15, 0.2) is 5.17 Å².